The third-order valence-electron chi connectivity index (χ3n) is 1.73. The number of carbonyl (C=O) groups is 1. The fourth-order valence-electron chi connectivity index (χ4n) is 0.861. The van der Waals surface area contributed by atoms with Gasteiger partial charge in [0.2, 0.25) is 0 Å². The van der Waals surface area contributed by atoms with E-state index in [1.54, 1.807) is 0 Å². The van der Waals surface area contributed by atoms with Gasteiger partial charge in [-0.25, -0.2) is 0 Å². The summed E-state index contributed by atoms with van der Waals surface area (Å²) in [5.74, 6) is -1.43. The molecule has 0 aliphatic heterocycles. The fourth-order valence-corrected chi connectivity index (χ4v) is 1.51. The van der Waals surface area contributed by atoms with Crippen molar-refractivity contribution in [2.75, 3.05) is 13.2 Å². The predicted octanol–water partition coefficient (Wildman–Crippen LogP) is -4.23. The Kier molecular flexibility index (Phi) is 11.1. The van der Waals surface area contributed by atoms with Gasteiger partial charge in [0, 0.05) is 0 Å². The Bertz CT molecular complexity index is 512. The normalized spacial score (nSPS) is 10.2. The van der Waals surface area contributed by atoms with E-state index in [4.69, 9.17) is 25.0 Å². The van der Waals surface area contributed by atoms with E-state index in [1.807, 2.05) is 0 Å². The van der Waals surface area contributed by atoms with Crippen molar-refractivity contribution in [2.45, 2.75) is 11.0 Å². The van der Waals surface area contributed by atoms with E-state index < -0.39 is 32.7 Å². The molecule has 0 unspecified atom stereocenters. The number of carboxylic acid groups (broad SMARTS) is 1. The quantitative estimate of drug-likeness (QED) is 0.213. The number of benzene rings is 1. The van der Waals surface area contributed by atoms with Gasteiger partial charge in [-0.3, -0.25) is 9.35 Å². The van der Waals surface area contributed by atoms with Gasteiger partial charge < -0.3 is 20.4 Å². The largest absolute Gasteiger partial charge is 1.00 e. The van der Waals surface area contributed by atoms with Crippen LogP contribution in [0, 0.1) is 6.07 Å². The van der Waals surface area contributed by atoms with Gasteiger partial charge in [-0.2, -0.15) is 32.7 Å². The molecule has 20 heavy (non-hydrogen) atoms. The van der Waals surface area contributed by atoms with Crippen LogP contribution in [-0.2, 0) is 10.1 Å². The topological polar surface area (TPSA) is 152 Å². The minimum atomic E-state index is -4.51. The molecule has 5 N–H and O–H groups in total. The molecule has 8 nitrogen and oxygen atoms in total. The molecular formula is C10H13NaO8S. The zero-order valence-corrected chi connectivity index (χ0v) is 13.4. The van der Waals surface area contributed by atoms with Crippen molar-refractivity contribution in [1.29, 1.82) is 0 Å². The molecule has 1 aromatic rings. The summed E-state index contributed by atoms with van der Waals surface area (Å²) in [7, 11) is -4.51. The first kappa shape index (κ1) is 21.8. The van der Waals surface area contributed by atoms with Crippen LogP contribution in [-0.4, -0.2) is 58.7 Å². The predicted molar refractivity (Wildman–Crippen MR) is 62.2 cm³/mol. The van der Waals surface area contributed by atoms with Gasteiger partial charge in [0.1, 0.15) is 6.10 Å². The van der Waals surface area contributed by atoms with E-state index in [2.05, 4.69) is 6.07 Å². The van der Waals surface area contributed by atoms with Crippen LogP contribution in [0.1, 0.15) is 10.4 Å². The van der Waals surface area contributed by atoms with E-state index in [0.29, 0.717) is 0 Å². The number of hydrogen-bond acceptors (Lipinski definition) is 6. The first-order chi connectivity index (χ1) is 8.73. The minimum absolute atomic E-state index is 0. The van der Waals surface area contributed by atoms with E-state index in [-0.39, 0.29) is 42.8 Å². The second-order valence-electron chi connectivity index (χ2n) is 3.21. The summed E-state index contributed by atoms with van der Waals surface area (Å²) in [5, 5.41) is 32.5. The van der Waals surface area contributed by atoms with Gasteiger partial charge >= 0.3 is 29.6 Å². The average Bonchev–Trinajstić information content (AvgIpc) is 2.37. The molecule has 0 aromatic heterocycles. The Morgan fingerprint density at radius 1 is 1.30 bits per heavy atom. The molecule has 0 aliphatic carbocycles. The summed E-state index contributed by atoms with van der Waals surface area (Å²) < 4.78 is 29.8. The van der Waals surface area contributed by atoms with Crippen LogP contribution in [0.2, 0.25) is 0 Å². The number of aromatic carboxylic acids is 1. The molecule has 10 heteroatoms. The van der Waals surface area contributed by atoms with Gasteiger partial charge in [-0.1, -0.05) is 0 Å². The molecule has 0 saturated carbocycles. The molecule has 1 aromatic carbocycles. The van der Waals surface area contributed by atoms with Crippen molar-refractivity contribution in [3.05, 3.63) is 29.8 Å². The van der Waals surface area contributed by atoms with Gasteiger partial charge in [0.15, 0.2) is 0 Å². The Labute approximate surface area is 137 Å². The maximum absolute atomic E-state index is 10.6. The van der Waals surface area contributed by atoms with E-state index in [9.17, 15) is 13.2 Å². The fraction of sp³-hybridized carbons (Fsp3) is 0.300. The average molecular weight is 316 g/mol. The number of aliphatic hydroxyl groups is 3. The van der Waals surface area contributed by atoms with Crippen molar-refractivity contribution in [3.8, 4) is 0 Å². The summed E-state index contributed by atoms with van der Waals surface area (Å²) in [6.07, 6.45) is -0.954. The van der Waals surface area contributed by atoms with Crippen LogP contribution in [0.3, 0.4) is 0 Å². The molecule has 108 valence electrons. The van der Waals surface area contributed by atoms with Crippen LogP contribution in [0.25, 0.3) is 0 Å². The summed E-state index contributed by atoms with van der Waals surface area (Å²) in [4.78, 5) is 9.75. The van der Waals surface area contributed by atoms with Crippen molar-refractivity contribution in [3.63, 3.8) is 0 Å². The number of rotatable bonds is 4. The van der Waals surface area contributed by atoms with Crippen LogP contribution in [0.4, 0.5) is 0 Å². The van der Waals surface area contributed by atoms with Crippen molar-refractivity contribution >= 4 is 16.1 Å². The summed E-state index contributed by atoms with van der Waals surface area (Å²) in [6, 6.07) is 5.73. The standard InChI is InChI=1S/C7H5O5S.C3H8O3.Na/c8-7(9)5-3-1-2-4-6(5)13(10,11)12;4-1-3(6)2-5;/h1-3H,(H,8,9)(H,10,11,12);3-6H,1-2H2;/q-1;;+1. The van der Waals surface area contributed by atoms with Gasteiger partial charge in [-0.05, 0) is 10.5 Å². The smallest absolute Gasteiger partial charge is 0.487 e. The third kappa shape index (κ3) is 7.92. The molecule has 0 radical (unpaired) electrons. The summed E-state index contributed by atoms with van der Waals surface area (Å²) in [5.41, 5.74) is -0.495. The second-order valence-corrected chi connectivity index (χ2v) is 4.57. The zero-order chi connectivity index (χ0) is 15.1. The Hall–Kier alpha value is -0.520. The van der Waals surface area contributed by atoms with Crippen LogP contribution in [0.15, 0.2) is 23.1 Å². The van der Waals surface area contributed by atoms with E-state index >= 15 is 0 Å². The number of hydrogen-bond donors (Lipinski definition) is 5. The van der Waals surface area contributed by atoms with Gasteiger partial charge in [0.05, 0.1) is 13.2 Å². The van der Waals surface area contributed by atoms with E-state index in [1.165, 1.54) is 12.1 Å². The zero-order valence-electron chi connectivity index (χ0n) is 10.6. The Morgan fingerprint density at radius 2 is 1.80 bits per heavy atom. The molecule has 0 amide bonds. The molecule has 0 fully saturated rings. The molecule has 0 heterocycles. The summed E-state index contributed by atoms with van der Waals surface area (Å²) >= 11 is 0. The molecular weight excluding hydrogens is 303 g/mol. The third-order valence-corrected chi connectivity index (χ3v) is 2.58. The Morgan fingerprint density at radius 3 is 2.05 bits per heavy atom. The minimum Gasteiger partial charge on any atom is -0.487 e. The molecule has 0 bridgehead atoms. The SMILES string of the molecule is O=C(O)c1ccc[c-]c1S(=O)(=O)O.OCC(O)CO.[Na+]. The van der Waals surface area contributed by atoms with Crippen molar-refractivity contribution in [2.24, 2.45) is 0 Å². The molecule has 0 atom stereocenters. The van der Waals surface area contributed by atoms with E-state index in [0.717, 1.165) is 6.07 Å². The van der Waals surface area contributed by atoms with Crippen molar-refractivity contribution in [1.82, 2.24) is 0 Å². The first-order valence-corrected chi connectivity index (χ1v) is 6.29. The van der Waals surface area contributed by atoms with Crippen molar-refractivity contribution < 1.29 is 67.7 Å². The molecule has 1 rings (SSSR count). The van der Waals surface area contributed by atoms with Crippen LogP contribution < -0.4 is 29.6 Å². The monoisotopic (exact) mass is 316 g/mol. The van der Waals surface area contributed by atoms with Gasteiger partial charge in [-0.15, -0.1) is 0 Å². The van der Waals surface area contributed by atoms with Gasteiger partial charge in [0.25, 0.3) is 16.1 Å². The van der Waals surface area contributed by atoms with Crippen LogP contribution in [0.5, 0.6) is 0 Å². The molecule has 0 spiro atoms. The maximum Gasteiger partial charge on any atom is 1.00 e. The molecule has 0 saturated heterocycles. The summed E-state index contributed by atoms with van der Waals surface area (Å²) in [6.45, 7) is -0.729. The first-order valence-electron chi connectivity index (χ1n) is 4.85. The maximum atomic E-state index is 10.6. The number of carboxylic acids is 1. The van der Waals surface area contributed by atoms with Crippen LogP contribution >= 0.6 is 0 Å². The second kappa shape index (κ2) is 10.2. The number of aliphatic hydroxyl groups excluding tert-OH is 3. The molecule has 0 aliphatic rings. The Balaban J connectivity index is 0.